The van der Waals surface area contributed by atoms with Crippen LogP contribution in [0.4, 0.5) is 4.39 Å². The fourth-order valence-electron chi connectivity index (χ4n) is 5.96. The average molecular weight is 614 g/mol. The van der Waals surface area contributed by atoms with Crippen LogP contribution in [0.1, 0.15) is 122 Å². The third-order valence-electron chi connectivity index (χ3n) is 8.84. The van der Waals surface area contributed by atoms with E-state index in [0.717, 1.165) is 47.0 Å². The molecule has 1 saturated carbocycles. The Morgan fingerprint density at radius 1 is 1.11 bits per heavy atom. The minimum Gasteiger partial charge on any atom is -0.391 e. The molecule has 0 amide bonds. The van der Waals surface area contributed by atoms with E-state index in [-0.39, 0.29) is 28.5 Å². The van der Waals surface area contributed by atoms with Gasteiger partial charge in [0.1, 0.15) is 5.83 Å². The summed E-state index contributed by atoms with van der Waals surface area (Å²) in [5.41, 5.74) is 7.63. The van der Waals surface area contributed by atoms with E-state index in [2.05, 4.69) is 68.4 Å². The van der Waals surface area contributed by atoms with Crippen LogP contribution in [-0.2, 0) is 5.41 Å². The number of halogens is 1. The molecular weight excluding hydrogens is 557 g/mol. The van der Waals surface area contributed by atoms with Crippen molar-refractivity contribution >= 4 is 22.9 Å². The summed E-state index contributed by atoms with van der Waals surface area (Å²) >= 11 is 0. The van der Waals surface area contributed by atoms with E-state index in [1.165, 1.54) is 23.9 Å². The Balaban J connectivity index is 0.000000509. The molecule has 2 aromatic carbocycles. The Morgan fingerprint density at radius 2 is 1.73 bits per heavy atom. The van der Waals surface area contributed by atoms with Gasteiger partial charge in [-0.2, -0.15) is 0 Å². The van der Waals surface area contributed by atoms with E-state index in [0.29, 0.717) is 12.0 Å². The molecule has 45 heavy (non-hydrogen) atoms. The summed E-state index contributed by atoms with van der Waals surface area (Å²) in [6.45, 7) is 22.1. The minimum absolute atomic E-state index is 0.0252. The van der Waals surface area contributed by atoms with Crippen molar-refractivity contribution in [2.24, 2.45) is 5.41 Å². The Bertz CT molecular complexity index is 1510. The van der Waals surface area contributed by atoms with Gasteiger partial charge in [-0.3, -0.25) is 4.79 Å². The highest BCUT2D eigenvalue weighted by molar-refractivity contribution is 6.02. The molecule has 3 aromatic rings. The second-order valence-corrected chi connectivity index (χ2v) is 12.4. The van der Waals surface area contributed by atoms with Crippen molar-refractivity contribution in [3.8, 4) is 11.1 Å². The number of carbonyl (C=O) groups is 1. The summed E-state index contributed by atoms with van der Waals surface area (Å²) in [5, 5.41) is 12.0. The zero-order chi connectivity index (χ0) is 33.9. The van der Waals surface area contributed by atoms with E-state index in [9.17, 15) is 9.18 Å². The molecular formula is C40H56FN3O. The van der Waals surface area contributed by atoms with Gasteiger partial charge in [0.05, 0.1) is 11.6 Å². The highest BCUT2D eigenvalue weighted by atomic mass is 19.1. The van der Waals surface area contributed by atoms with E-state index < -0.39 is 0 Å². The number of allylic oxidation sites excluding steroid dienone is 5. The summed E-state index contributed by atoms with van der Waals surface area (Å²) < 4.78 is 16.3. The van der Waals surface area contributed by atoms with E-state index >= 15 is 0 Å². The van der Waals surface area contributed by atoms with Gasteiger partial charge in [0.2, 0.25) is 0 Å². The first-order chi connectivity index (χ1) is 21.5. The number of Topliss-reactive ketones (excluding diaryl/α,β-unsaturated/α-hetero) is 1. The highest BCUT2D eigenvalue weighted by Gasteiger charge is 2.43. The predicted octanol–water partition coefficient (Wildman–Crippen LogP) is 11.5. The van der Waals surface area contributed by atoms with Crippen LogP contribution in [0.15, 0.2) is 78.8 Å². The van der Waals surface area contributed by atoms with Crippen LogP contribution in [0.25, 0.3) is 22.0 Å². The summed E-state index contributed by atoms with van der Waals surface area (Å²) in [5.74, 6) is -0.122. The van der Waals surface area contributed by atoms with Gasteiger partial charge in [0.25, 0.3) is 0 Å². The third-order valence-corrected chi connectivity index (χ3v) is 8.84. The molecule has 2 aliphatic rings. The zero-order valence-corrected chi connectivity index (χ0v) is 29.4. The number of hydrogen-bond donors (Lipinski definition) is 2. The van der Waals surface area contributed by atoms with Crippen LogP contribution in [0.3, 0.4) is 0 Å². The maximum atomic E-state index is 13.9. The molecule has 244 valence electrons. The quantitative estimate of drug-likeness (QED) is 0.206. The largest absolute Gasteiger partial charge is 0.391 e. The molecule has 0 aliphatic heterocycles. The number of nitrogens with zero attached hydrogens (tertiary/aromatic N) is 1. The molecule has 0 spiro atoms. The number of nitrogens with one attached hydrogen (secondary N) is 2. The second kappa shape index (κ2) is 16.5. The normalized spacial score (nSPS) is 16.3. The first-order valence-corrected chi connectivity index (χ1v) is 16.7. The first kappa shape index (κ1) is 37.5. The molecule has 4 nitrogen and oxygen atoms in total. The predicted molar refractivity (Wildman–Crippen MR) is 193 cm³/mol. The van der Waals surface area contributed by atoms with Gasteiger partial charge in [-0.05, 0) is 62.0 Å². The first-order valence-electron chi connectivity index (χ1n) is 16.7. The lowest BCUT2D eigenvalue weighted by Gasteiger charge is -2.44. The monoisotopic (exact) mass is 613 g/mol. The maximum absolute atomic E-state index is 13.9. The van der Waals surface area contributed by atoms with E-state index in [1.54, 1.807) is 19.1 Å². The van der Waals surface area contributed by atoms with E-state index in [1.807, 2.05) is 59.0 Å². The number of hydrogen-bond acceptors (Lipinski definition) is 3. The van der Waals surface area contributed by atoms with Crippen molar-refractivity contribution < 1.29 is 9.18 Å². The van der Waals surface area contributed by atoms with Crippen LogP contribution in [0.2, 0.25) is 0 Å². The molecule has 1 unspecified atom stereocenters. The van der Waals surface area contributed by atoms with Crippen molar-refractivity contribution in [3.05, 3.63) is 95.6 Å². The number of aromatic nitrogens is 1. The average Bonchev–Trinajstić information content (AvgIpc) is 3.37. The van der Waals surface area contributed by atoms with Gasteiger partial charge in [-0.1, -0.05) is 111 Å². The zero-order valence-electron chi connectivity index (χ0n) is 29.4. The van der Waals surface area contributed by atoms with Gasteiger partial charge in [-0.25, -0.2) is 4.39 Å². The topological polar surface area (TPSA) is 57.9 Å². The molecule has 5 rings (SSSR count). The van der Waals surface area contributed by atoms with Crippen LogP contribution < -0.4 is 5.32 Å². The number of carbonyl (C=O) groups excluding carboxylic acids is 1. The summed E-state index contributed by atoms with van der Waals surface area (Å²) in [7, 11) is 1.90. The minimum atomic E-state index is -0.182. The summed E-state index contributed by atoms with van der Waals surface area (Å²) in [4.78, 5) is 11.9. The molecule has 0 bridgehead atoms. The molecule has 2 aliphatic carbocycles. The maximum Gasteiger partial charge on any atom is 0.159 e. The molecule has 1 aromatic heterocycles. The molecule has 1 fully saturated rings. The summed E-state index contributed by atoms with van der Waals surface area (Å²) in [6, 6.07) is 14.2. The van der Waals surface area contributed by atoms with Crippen LogP contribution in [0, 0.1) is 10.8 Å². The number of rotatable bonds is 7. The van der Waals surface area contributed by atoms with Gasteiger partial charge in [-0.15, -0.1) is 0 Å². The smallest absolute Gasteiger partial charge is 0.159 e. The van der Waals surface area contributed by atoms with Crippen molar-refractivity contribution in [1.82, 2.24) is 9.88 Å². The van der Waals surface area contributed by atoms with Crippen LogP contribution in [-0.4, -0.2) is 23.6 Å². The Hall–Kier alpha value is -3.73. The van der Waals surface area contributed by atoms with Crippen LogP contribution >= 0.6 is 0 Å². The Morgan fingerprint density at radius 3 is 2.13 bits per heavy atom. The molecule has 1 heterocycles. The third kappa shape index (κ3) is 8.31. The standard InChI is InChI=1S/C29H29FN2O.C7H15N.2C2H6/c1-3-29(15-4-16-29)28-27(22-8-6-21(7-9-22)19(2)33)25-14-5-20(18-31)17-26(25)32(28)24-12-10-23(30)11-13-24;1-6(8-5)7(2,3)4;2*1-2/h5-12,14,17-18,24,31H,3-4,13,15-16H2,1-2H3;8H,1H2,2-5H3;2*1-2H3. The fourth-order valence-corrected chi connectivity index (χ4v) is 5.96. The second-order valence-electron chi connectivity index (χ2n) is 12.4. The summed E-state index contributed by atoms with van der Waals surface area (Å²) in [6.07, 6.45) is 11.7. The van der Waals surface area contributed by atoms with Crippen LogP contribution in [0.5, 0.6) is 0 Å². The van der Waals surface area contributed by atoms with Crippen molar-refractivity contribution in [3.63, 3.8) is 0 Å². The van der Waals surface area contributed by atoms with Crippen molar-refractivity contribution in [2.45, 2.75) is 106 Å². The van der Waals surface area contributed by atoms with Gasteiger partial charge < -0.3 is 15.3 Å². The molecule has 2 N–H and O–H groups in total. The molecule has 0 radical (unpaired) electrons. The van der Waals surface area contributed by atoms with Gasteiger partial charge >= 0.3 is 0 Å². The lowest BCUT2D eigenvalue weighted by atomic mass is 9.63. The van der Waals surface area contributed by atoms with Gasteiger partial charge in [0.15, 0.2) is 5.78 Å². The number of ketones is 1. The van der Waals surface area contributed by atoms with Crippen molar-refractivity contribution in [1.29, 1.82) is 5.41 Å². The van der Waals surface area contributed by atoms with E-state index in [4.69, 9.17) is 5.41 Å². The Kier molecular flexibility index (Phi) is 13.8. The molecule has 1 atom stereocenters. The fraction of sp³-hybridized carbons (Fsp3) is 0.450. The number of fused-ring (bicyclic) bond motifs is 1. The molecule has 0 saturated heterocycles. The lowest BCUT2D eigenvalue weighted by Crippen LogP contribution is -2.37. The highest BCUT2D eigenvalue weighted by Crippen LogP contribution is 2.53. The Labute approximate surface area is 272 Å². The van der Waals surface area contributed by atoms with Gasteiger partial charge in [0, 0.05) is 52.0 Å². The lowest BCUT2D eigenvalue weighted by molar-refractivity contribution is 0.101. The molecule has 5 heteroatoms. The SMILES string of the molecule is C=C(NC)C(C)(C)C.CC.CC.CCC1(c2c(-c3ccc(C(C)=O)cc3)c3ccc(C=N)cc3n2C2C=CC(F)=CC2)CCC1. The number of benzene rings is 2. The van der Waals surface area contributed by atoms with Crippen molar-refractivity contribution in [2.75, 3.05) is 7.05 Å².